The minimum absolute atomic E-state index is 0.0781. The molecule has 2 atom stereocenters. The molecule has 1 amide bonds. The predicted molar refractivity (Wildman–Crippen MR) is 91.3 cm³/mol. The molecule has 126 valence electrons. The van der Waals surface area contributed by atoms with E-state index < -0.39 is 0 Å². The van der Waals surface area contributed by atoms with Crippen LogP contribution < -0.4 is 16.0 Å². The third kappa shape index (κ3) is 4.24. The first-order chi connectivity index (χ1) is 11.2. The van der Waals surface area contributed by atoms with Crippen LogP contribution in [0.4, 0.5) is 5.69 Å². The van der Waals surface area contributed by atoms with Gasteiger partial charge in [-0.1, -0.05) is 24.6 Å². The van der Waals surface area contributed by atoms with E-state index in [1.807, 2.05) is 6.07 Å². The molecule has 0 bridgehead atoms. The highest BCUT2D eigenvalue weighted by molar-refractivity contribution is 5.79. The third-order valence-electron chi connectivity index (χ3n) is 4.88. The standard InChI is InChI=1S/C18H27N3O2/c19-16-6-3-5-14(12-16)18(22)20-13-15-4-1-2-7-17(15)21-8-10-23-11-9-21/h1-2,4,7,14,16H,3,5-6,8-13,19H2,(H,20,22)/t14-,16+/m1/s1. The number of nitrogens with one attached hydrogen (secondary N) is 1. The topological polar surface area (TPSA) is 67.6 Å². The van der Waals surface area contributed by atoms with Crippen LogP contribution in [0.2, 0.25) is 0 Å². The summed E-state index contributed by atoms with van der Waals surface area (Å²) in [6.07, 6.45) is 3.88. The Morgan fingerprint density at radius 3 is 2.83 bits per heavy atom. The fourth-order valence-electron chi connectivity index (χ4n) is 3.57. The number of rotatable bonds is 4. The summed E-state index contributed by atoms with van der Waals surface area (Å²) in [4.78, 5) is 14.7. The molecule has 3 rings (SSSR count). The Kier molecular flexibility index (Phi) is 5.51. The van der Waals surface area contributed by atoms with E-state index in [4.69, 9.17) is 10.5 Å². The lowest BCUT2D eigenvalue weighted by Gasteiger charge is -2.31. The van der Waals surface area contributed by atoms with Gasteiger partial charge in [0.25, 0.3) is 0 Å². The summed E-state index contributed by atoms with van der Waals surface area (Å²) >= 11 is 0. The first kappa shape index (κ1) is 16.3. The molecule has 5 heteroatoms. The van der Waals surface area contributed by atoms with Crippen molar-refractivity contribution in [2.24, 2.45) is 11.7 Å². The molecule has 1 saturated carbocycles. The van der Waals surface area contributed by atoms with Gasteiger partial charge in [-0.15, -0.1) is 0 Å². The average molecular weight is 317 g/mol. The van der Waals surface area contributed by atoms with Crippen molar-refractivity contribution in [3.8, 4) is 0 Å². The molecule has 1 aliphatic carbocycles. The molecular formula is C18H27N3O2. The van der Waals surface area contributed by atoms with Gasteiger partial charge in [-0.05, 0) is 30.9 Å². The molecule has 3 N–H and O–H groups in total. The summed E-state index contributed by atoms with van der Waals surface area (Å²) in [5, 5.41) is 3.12. The van der Waals surface area contributed by atoms with Crippen LogP contribution >= 0.6 is 0 Å². The number of ether oxygens (including phenoxy) is 1. The van der Waals surface area contributed by atoms with Gasteiger partial charge < -0.3 is 20.7 Å². The number of benzene rings is 1. The van der Waals surface area contributed by atoms with E-state index in [9.17, 15) is 4.79 Å². The number of anilines is 1. The van der Waals surface area contributed by atoms with Crippen molar-refractivity contribution < 1.29 is 9.53 Å². The van der Waals surface area contributed by atoms with E-state index in [0.29, 0.717) is 6.54 Å². The molecule has 5 nitrogen and oxygen atoms in total. The fourth-order valence-corrected chi connectivity index (χ4v) is 3.57. The zero-order chi connectivity index (χ0) is 16.1. The number of para-hydroxylation sites is 1. The van der Waals surface area contributed by atoms with Gasteiger partial charge in [-0.2, -0.15) is 0 Å². The summed E-state index contributed by atoms with van der Waals surface area (Å²) in [6.45, 7) is 3.92. The molecule has 0 spiro atoms. The molecule has 0 aromatic heterocycles. The molecule has 1 saturated heterocycles. The Hall–Kier alpha value is -1.59. The summed E-state index contributed by atoms with van der Waals surface area (Å²) in [5.74, 6) is 0.228. The minimum Gasteiger partial charge on any atom is -0.378 e. The van der Waals surface area contributed by atoms with Gasteiger partial charge >= 0.3 is 0 Å². The predicted octanol–water partition coefficient (Wildman–Crippen LogP) is 1.66. The Bertz CT molecular complexity index is 529. The molecule has 23 heavy (non-hydrogen) atoms. The average Bonchev–Trinajstić information content (AvgIpc) is 2.60. The van der Waals surface area contributed by atoms with Crippen molar-refractivity contribution in [3.05, 3.63) is 29.8 Å². The zero-order valence-corrected chi connectivity index (χ0v) is 13.7. The van der Waals surface area contributed by atoms with Crippen LogP contribution in [-0.4, -0.2) is 38.3 Å². The maximum atomic E-state index is 12.4. The van der Waals surface area contributed by atoms with E-state index in [1.54, 1.807) is 0 Å². The number of carbonyl (C=O) groups excluding carboxylic acids is 1. The Labute approximate surface area is 138 Å². The lowest BCUT2D eigenvalue weighted by atomic mass is 9.85. The number of nitrogens with zero attached hydrogens (tertiary/aromatic N) is 1. The molecule has 2 aliphatic rings. The van der Waals surface area contributed by atoms with E-state index in [1.165, 1.54) is 11.3 Å². The molecule has 2 fully saturated rings. The molecule has 1 aromatic rings. The van der Waals surface area contributed by atoms with Gasteiger partial charge in [0.2, 0.25) is 5.91 Å². The molecular weight excluding hydrogens is 290 g/mol. The van der Waals surface area contributed by atoms with Gasteiger partial charge in [0.1, 0.15) is 0 Å². The second-order valence-electron chi connectivity index (χ2n) is 6.57. The number of amides is 1. The maximum absolute atomic E-state index is 12.4. The summed E-state index contributed by atoms with van der Waals surface area (Å²) < 4.78 is 5.43. The monoisotopic (exact) mass is 317 g/mol. The summed E-state index contributed by atoms with van der Waals surface area (Å²) in [6, 6.07) is 8.49. The van der Waals surface area contributed by atoms with Crippen LogP contribution in [0.15, 0.2) is 24.3 Å². The normalized spacial score (nSPS) is 25.2. The second kappa shape index (κ2) is 7.79. The van der Waals surface area contributed by atoms with Crippen LogP contribution in [0.1, 0.15) is 31.2 Å². The van der Waals surface area contributed by atoms with Crippen molar-refractivity contribution in [2.45, 2.75) is 38.3 Å². The van der Waals surface area contributed by atoms with Gasteiger partial charge in [0, 0.05) is 37.3 Å². The fraction of sp³-hybridized carbons (Fsp3) is 0.611. The molecule has 1 aromatic carbocycles. The van der Waals surface area contributed by atoms with Crippen molar-refractivity contribution >= 4 is 11.6 Å². The Morgan fingerprint density at radius 2 is 2.04 bits per heavy atom. The summed E-state index contributed by atoms with van der Waals surface area (Å²) in [7, 11) is 0. The van der Waals surface area contributed by atoms with Crippen LogP contribution in [0.5, 0.6) is 0 Å². The quantitative estimate of drug-likeness (QED) is 0.886. The number of nitrogens with two attached hydrogens (primary N) is 1. The highest BCUT2D eigenvalue weighted by atomic mass is 16.5. The van der Waals surface area contributed by atoms with Crippen LogP contribution in [0.25, 0.3) is 0 Å². The summed E-state index contributed by atoms with van der Waals surface area (Å²) in [5.41, 5.74) is 8.37. The first-order valence-electron chi connectivity index (χ1n) is 8.68. The maximum Gasteiger partial charge on any atom is 0.223 e. The lowest BCUT2D eigenvalue weighted by molar-refractivity contribution is -0.126. The lowest BCUT2D eigenvalue weighted by Crippen LogP contribution is -2.39. The molecule has 1 heterocycles. The third-order valence-corrected chi connectivity index (χ3v) is 4.88. The SMILES string of the molecule is N[C@H]1CCC[C@@H](C(=O)NCc2ccccc2N2CCOCC2)C1. The molecule has 0 unspecified atom stereocenters. The van der Waals surface area contributed by atoms with E-state index in [2.05, 4.69) is 28.4 Å². The largest absolute Gasteiger partial charge is 0.378 e. The number of hydrogen-bond donors (Lipinski definition) is 2. The van der Waals surface area contributed by atoms with Gasteiger partial charge in [0.05, 0.1) is 13.2 Å². The van der Waals surface area contributed by atoms with E-state index in [0.717, 1.165) is 52.0 Å². The Balaban J connectivity index is 1.60. The second-order valence-corrected chi connectivity index (χ2v) is 6.57. The van der Waals surface area contributed by atoms with Crippen LogP contribution in [-0.2, 0) is 16.1 Å². The van der Waals surface area contributed by atoms with Crippen molar-refractivity contribution in [2.75, 3.05) is 31.2 Å². The van der Waals surface area contributed by atoms with Crippen molar-refractivity contribution in [1.82, 2.24) is 5.32 Å². The first-order valence-corrected chi connectivity index (χ1v) is 8.68. The van der Waals surface area contributed by atoms with E-state index >= 15 is 0 Å². The molecule has 0 radical (unpaired) electrons. The van der Waals surface area contributed by atoms with Gasteiger partial charge in [0.15, 0.2) is 0 Å². The van der Waals surface area contributed by atoms with Crippen molar-refractivity contribution in [1.29, 1.82) is 0 Å². The number of hydrogen-bond acceptors (Lipinski definition) is 4. The van der Waals surface area contributed by atoms with Crippen LogP contribution in [0, 0.1) is 5.92 Å². The Morgan fingerprint density at radius 1 is 1.26 bits per heavy atom. The number of carbonyl (C=O) groups is 1. The van der Waals surface area contributed by atoms with Crippen LogP contribution in [0.3, 0.4) is 0 Å². The van der Waals surface area contributed by atoms with E-state index in [-0.39, 0.29) is 17.9 Å². The smallest absolute Gasteiger partial charge is 0.223 e. The highest BCUT2D eigenvalue weighted by Crippen LogP contribution is 2.24. The zero-order valence-electron chi connectivity index (χ0n) is 13.7. The molecule has 1 aliphatic heterocycles. The van der Waals surface area contributed by atoms with Gasteiger partial charge in [-0.3, -0.25) is 4.79 Å². The minimum atomic E-state index is 0.0781. The highest BCUT2D eigenvalue weighted by Gasteiger charge is 2.25. The van der Waals surface area contributed by atoms with Gasteiger partial charge in [-0.25, -0.2) is 0 Å². The number of morpholine rings is 1. The van der Waals surface area contributed by atoms with Crippen molar-refractivity contribution in [3.63, 3.8) is 0 Å².